The van der Waals surface area contributed by atoms with E-state index in [0.717, 1.165) is 18.5 Å². The largest absolute Gasteiger partial charge is 0.324 e. The Balaban J connectivity index is 0.000000720. The summed E-state index contributed by atoms with van der Waals surface area (Å²) in [5.74, 6) is 0. The van der Waals surface area contributed by atoms with Gasteiger partial charge in [-0.15, -0.1) is 12.4 Å². The second-order valence-electron chi connectivity index (χ2n) is 3.17. The van der Waals surface area contributed by atoms with Crippen LogP contribution in [0, 0.1) is 6.92 Å². The first kappa shape index (κ1) is 9.49. The van der Waals surface area contributed by atoms with Gasteiger partial charge in [-0.1, -0.05) is 0 Å². The van der Waals surface area contributed by atoms with E-state index in [9.17, 15) is 0 Å². The number of pyridine rings is 1. The van der Waals surface area contributed by atoms with Gasteiger partial charge in [0.25, 0.3) is 0 Å². The molecule has 1 aromatic heterocycles. The van der Waals surface area contributed by atoms with Gasteiger partial charge < -0.3 is 5.73 Å². The molecule has 0 radical (unpaired) electrons. The van der Waals surface area contributed by atoms with Crippen LogP contribution < -0.4 is 5.73 Å². The fraction of sp³-hybridized carbons (Fsp3) is 0.444. The highest BCUT2D eigenvalue weighted by atomic mass is 35.5. The van der Waals surface area contributed by atoms with Gasteiger partial charge in [-0.2, -0.15) is 0 Å². The van der Waals surface area contributed by atoms with Crippen LogP contribution in [0.5, 0.6) is 0 Å². The van der Waals surface area contributed by atoms with Crippen molar-refractivity contribution in [3.05, 3.63) is 29.1 Å². The number of hydrogen-bond donors (Lipinski definition) is 1. The average molecular weight is 185 g/mol. The van der Waals surface area contributed by atoms with Crippen LogP contribution in [0.15, 0.2) is 12.3 Å². The molecule has 0 bridgehead atoms. The first-order chi connectivity index (χ1) is 5.27. The van der Waals surface area contributed by atoms with E-state index in [2.05, 4.69) is 11.1 Å². The maximum Gasteiger partial charge on any atom is 0.0375 e. The number of rotatable bonds is 0. The monoisotopic (exact) mass is 184 g/mol. The summed E-state index contributed by atoms with van der Waals surface area (Å²) in [5, 5.41) is 0. The van der Waals surface area contributed by atoms with Crippen LogP contribution in [0.25, 0.3) is 0 Å². The lowest BCUT2D eigenvalue weighted by Crippen LogP contribution is -2.05. The van der Waals surface area contributed by atoms with Crippen LogP contribution in [-0.4, -0.2) is 4.98 Å². The fourth-order valence-electron chi connectivity index (χ4n) is 1.64. The highest BCUT2D eigenvalue weighted by Crippen LogP contribution is 2.28. The number of aryl methyl sites for hydroxylation is 2. The maximum atomic E-state index is 5.86. The summed E-state index contributed by atoms with van der Waals surface area (Å²) >= 11 is 0. The third kappa shape index (κ3) is 1.45. The Labute approximate surface area is 78.6 Å². The van der Waals surface area contributed by atoms with E-state index in [1.807, 2.05) is 13.1 Å². The van der Waals surface area contributed by atoms with Gasteiger partial charge in [0.15, 0.2) is 0 Å². The van der Waals surface area contributed by atoms with Crippen molar-refractivity contribution in [3.63, 3.8) is 0 Å². The van der Waals surface area contributed by atoms with Crippen LogP contribution in [0.1, 0.15) is 29.3 Å². The van der Waals surface area contributed by atoms with Crippen molar-refractivity contribution in [3.8, 4) is 0 Å². The predicted molar refractivity (Wildman–Crippen MR) is 51.5 cm³/mol. The van der Waals surface area contributed by atoms with E-state index in [-0.39, 0.29) is 18.4 Å². The number of hydrogen-bond acceptors (Lipinski definition) is 2. The third-order valence-corrected chi connectivity index (χ3v) is 2.29. The highest BCUT2D eigenvalue weighted by molar-refractivity contribution is 5.85. The molecule has 0 aromatic carbocycles. The number of fused-ring (bicyclic) bond motifs is 1. The standard InChI is InChI=1S/C9H12N2.ClH/c1-6-4-7-2-3-9(10)8(7)5-11-6;/h4-5,9H,2-3,10H2,1H3;1H/t9-;/m0./s1. The first-order valence-electron chi connectivity index (χ1n) is 3.98. The molecule has 1 aliphatic carbocycles. The van der Waals surface area contributed by atoms with Crippen LogP contribution >= 0.6 is 12.4 Å². The van der Waals surface area contributed by atoms with Crippen molar-refractivity contribution in [1.29, 1.82) is 0 Å². The zero-order valence-electron chi connectivity index (χ0n) is 7.08. The second kappa shape index (κ2) is 3.42. The van der Waals surface area contributed by atoms with E-state index in [0.29, 0.717) is 0 Å². The Bertz CT molecular complexity index is 286. The molecule has 0 spiro atoms. The van der Waals surface area contributed by atoms with Gasteiger partial charge in [0.2, 0.25) is 0 Å². The van der Waals surface area contributed by atoms with E-state index >= 15 is 0 Å². The molecule has 0 amide bonds. The van der Waals surface area contributed by atoms with Crippen LogP contribution in [-0.2, 0) is 6.42 Å². The molecule has 1 aliphatic rings. The Morgan fingerprint density at radius 3 is 3.08 bits per heavy atom. The van der Waals surface area contributed by atoms with Crippen molar-refractivity contribution >= 4 is 12.4 Å². The molecule has 2 N–H and O–H groups in total. The summed E-state index contributed by atoms with van der Waals surface area (Å²) in [7, 11) is 0. The molecule has 2 rings (SSSR count). The smallest absolute Gasteiger partial charge is 0.0375 e. The van der Waals surface area contributed by atoms with Gasteiger partial charge in [-0.3, -0.25) is 4.98 Å². The molecule has 0 unspecified atom stereocenters. The van der Waals surface area contributed by atoms with E-state index < -0.39 is 0 Å². The molecule has 12 heavy (non-hydrogen) atoms. The number of nitrogens with two attached hydrogens (primary N) is 1. The molecule has 0 saturated heterocycles. The van der Waals surface area contributed by atoms with Crippen molar-refractivity contribution in [1.82, 2.24) is 4.98 Å². The van der Waals surface area contributed by atoms with Crippen LogP contribution in [0.4, 0.5) is 0 Å². The molecule has 1 atom stereocenters. The normalized spacial score (nSPS) is 20.0. The van der Waals surface area contributed by atoms with Gasteiger partial charge in [-0.25, -0.2) is 0 Å². The molecule has 1 heterocycles. The molecule has 0 aliphatic heterocycles. The van der Waals surface area contributed by atoms with E-state index in [1.165, 1.54) is 11.1 Å². The zero-order chi connectivity index (χ0) is 7.84. The predicted octanol–water partition coefficient (Wildman–Crippen LogP) is 1.76. The molecule has 3 heteroatoms. The summed E-state index contributed by atoms with van der Waals surface area (Å²) in [5.41, 5.74) is 9.59. The number of nitrogens with zero attached hydrogens (tertiary/aromatic N) is 1. The van der Waals surface area contributed by atoms with Crippen molar-refractivity contribution < 1.29 is 0 Å². The Morgan fingerprint density at radius 1 is 1.58 bits per heavy atom. The fourth-order valence-corrected chi connectivity index (χ4v) is 1.64. The molecule has 0 saturated carbocycles. The van der Waals surface area contributed by atoms with Crippen molar-refractivity contribution in [2.45, 2.75) is 25.8 Å². The summed E-state index contributed by atoms with van der Waals surface area (Å²) in [6.07, 6.45) is 4.13. The Kier molecular flexibility index (Phi) is 2.70. The van der Waals surface area contributed by atoms with E-state index in [1.54, 1.807) is 0 Å². The highest BCUT2D eigenvalue weighted by Gasteiger charge is 2.18. The summed E-state index contributed by atoms with van der Waals surface area (Å²) < 4.78 is 0. The number of halogens is 1. The van der Waals surface area contributed by atoms with Gasteiger partial charge in [-0.05, 0) is 37.0 Å². The first-order valence-corrected chi connectivity index (χ1v) is 3.98. The molecule has 66 valence electrons. The zero-order valence-corrected chi connectivity index (χ0v) is 7.90. The molecule has 0 fully saturated rings. The van der Waals surface area contributed by atoms with Crippen molar-refractivity contribution in [2.75, 3.05) is 0 Å². The topological polar surface area (TPSA) is 38.9 Å². The summed E-state index contributed by atoms with van der Waals surface area (Å²) in [6, 6.07) is 2.38. The maximum absolute atomic E-state index is 5.86. The second-order valence-corrected chi connectivity index (χ2v) is 3.17. The van der Waals surface area contributed by atoms with Gasteiger partial charge in [0, 0.05) is 17.9 Å². The lowest BCUT2D eigenvalue weighted by Gasteiger charge is -2.03. The molecule has 2 nitrogen and oxygen atoms in total. The molecular weight excluding hydrogens is 172 g/mol. The number of aromatic nitrogens is 1. The lowest BCUT2D eigenvalue weighted by atomic mass is 10.1. The SMILES string of the molecule is Cc1cc2c(cn1)[C@@H](N)CC2.Cl. The third-order valence-electron chi connectivity index (χ3n) is 2.29. The Morgan fingerprint density at radius 2 is 2.33 bits per heavy atom. The van der Waals surface area contributed by atoms with Gasteiger partial charge in [0.1, 0.15) is 0 Å². The van der Waals surface area contributed by atoms with Crippen LogP contribution in [0.2, 0.25) is 0 Å². The molecule has 1 aromatic rings. The van der Waals surface area contributed by atoms with E-state index in [4.69, 9.17) is 5.73 Å². The minimum atomic E-state index is 0. The minimum Gasteiger partial charge on any atom is -0.324 e. The molecular formula is C9H13ClN2. The summed E-state index contributed by atoms with van der Waals surface area (Å²) in [4.78, 5) is 4.22. The van der Waals surface area contributed by atoms with Crippen molar-refractivity contribution in [2.24, 2.45) is 5.73 Å². The van der Waals surface area contributed by atoms with Gasteiger partial charge >= 0.3 is 0 Å². The van der Waals surface area contributed by atoms with Crippen LogP contribution in [0.3, 0.4) is 0 Å². The Hall–Kier alpha value is -0.600. The minimum absolute atomic E-state index is 0. The average Bonchev–Trinajstić information content (AvgIpc) is 2.32. The van der Waals surface area contributed by atoms with Gasteiger partial charge in [0.05, 0.1) is 0 Å². The lowest BCUT2D eigenvalue weighted by molar-refractivity contribution is 0.712. The quantitative estimate of drug-likeness (QED) is 0.668. The summed E-state index contributed by atoms with van der Waals surface area (Å²) in [6.45, 7) is 2.02.